The van der Waals surface area contributed by atoms with Crippen LogP contribution in [0.15, 0.2) is 15.5 Å². The van der Waals surface area contributed by atoms with Gasteiger partial charge in [-0.05, 0) is 55.3 Å². The summed E-state index contributed by atoms with van der Waals surface area (Å²) >= 11 is 3.27. The van der Waals surface area contributed by atoms with Gasteiger partial charge in [0, 0.05) is 6.04 Å². The van der Waals surface area contributed by atoms with Gasteiger partial charge in [-0.3, -0.25) is 4.79 Å². The number of aromatic nitrogens is 2. The lowest BCUT2D eigenvalue weighted by atomic mass is 10.1. The molecule has 1 aromatic rings. The van der Waals surface area contributed by atoms with Gasteiger partial charge in [-0.25, -0.2) is 5.10 Å². The van der Waals surface area contributed by atoms with Crippen molar-refractivity contribution in [3.05, 3.63) is 21.0 Å². The highest BCUT2D eigenvalue weighted by Gasteiger charge is 2.08. The number of anilines is 1. The molecule has 1 heterocycles. The fraction of sp³-hybridized carbons (Fsp3) is 0.692. The van der Waals surface area contributed by atoms with Crippen molar-refractivity contribution in [2.45, 2.75) is 39.7 Å². The van der Waals surface area contributed by atoms with Crippen molar-refractivity contribution in [1.29, 1.82) is 0 Å². The molecule has 0 saturated carbocycles. The molecule has 0 radical (unpaired) electrons. The first-order valence-electron chi connectivity index (χ1n) is 6.80. The van der Waals surface area contributed by atoms with Crippen LogP contribution in [-0.4, -0.2) is 40.8 Å². The van der Waals surface area contributed by atoms with Gasteiger partial charge in [0.05, 0.1) is 11.9 Å². The van der Waals surface area contributed by atoms with Crippen LogP contribution in [0.25, 0.3) is 0 Å². The lowest BCUT2D eigenvalue weighted by molar-refractivity contribution is 0.295. The molecule has 1 unspecified atom stereocenters. The summed E-state index contributed by atoms with van der Waals surface area (Å²) in [5.74, 6) is 0. The van der Waals surface area contributed by atoms with E-state index in [0.717, 1.165) is 38.2 Å². The zero-order valence-electron chi connectivity index (χ0n) is 11.9. The molecule has 2 N–H and O–H groups in total. The number of halogens is 1. The summed E-state index contributed by atoms with van der Waals surface area (Å²) in [7, 11) is 0. The van der Waals surface area contributed by atoms with Crippen LogP contribution in [0.4, 0.5) is 5.69 Å². The number of nitrogens with zero attached hydrogens (tertiary/aromatic N) is 2. The van der Waals surface area contributed by atoms with Crippen molar-refractivity contribution < 1.29 is 0 Å². The molecular weight excluding hydrogens is 308 g/mol. The van der Waals surface area contributed by atoms with Crippen molar-refractivity contribution in [2.24, 2.45) is 0 Å². The largest absolute Gasteiger partial charge is 0.380 e. The number of aromatic amines is 1. The average Bonchev–Trinajstić information content (AvgIpc) is 2.40. The van der Waals surface area contributed by atoms with Gasteiger partial charge in [0.25, 0.3) is 5.56 Å². The van der Waals surface area contributed by atoms with Crippen molar-refractivity contribution in [2.75, 3.05) is 25.0 Å². The van der Waals surface area contributed by atoms with E-state index in [0.29, 0.717) is 10.5 Å². The van der Waals surface area contributed by atoms with Crippen LogP contribution in [0.3, 0.4) is 0 Å². The van der Waals surface area contributed by atoms with Gasteiger partial charge in [0.1, 0.15) is 4.47 Å². The topological polar surface area (TPSA) is 61.0 Å². The number of rotatable bonds is 8. The van der Waals surface area contributed by atoms with Gasteiger partial charge in [0.2, 0.25) is 0 Å². The van der Waals surface area contributed by atoms with E-state index in [1.807, 2.05) is 0 Å². The Hall–Kier alpha value is -0.880. The highest BCUT2D eigenvalue weighted by atomic mass is 79.9. The van der Waals surface area contributed by atoms with Crippen LogP contribution in [0.2, 0.25) is 0 Å². The molecule has 0 aliphatic carbocycles. The molecule has 0 saturated heterocycles. The highest BCUT2D eigenvalue weighted by Crippen LogP contribution is 2.17. The van der Waals surface area contributed by atoms with E-state index < -0.39 is 0 Å². The molecule has 108 valence electrons. The van der Waals surface area contributed by atoms with Crippen LogP contribution in [0.1, 0.15) is 33.6 Å². The maximum Gasteiger partial charge on any atom is 0.280 e. The predicted molar refractivity (Wildman–Crippen MR) is 82.7 cm³/mol. The third-order valence-corrected chi connectivity index (χ3v) is 3.99. The monoisotopic (exact) mass is 330 g/mol. The van der Waals surface area contributed by atoms with E-state index in [4.69, 9.17) is 0 Å². The van der Waals surface area contributed by atoms with Crippen LogP contribution in [0, 0.1) is 0 Å². The first kappa shape index (κ1) is 16.2. The molecule has 0 aliphatic rings. The summed E-state index contributed by atoms with van der Waals surface area (Å²) in [6.07, 6.45) is 3.84. The van der Waals surface area contributed by atoms with Crippen molar-refractivity contribution in [3.63, 3.8) is 0 Å². The molecule has 0 amide bonds. The second kappa shape index (κ2) is 8.32. The predicted octanol–water partition coefficient (Wildman–Crippen LogP) is 2.45. The van der Waals surface area contributed by atoms with Crippen molar-refractivity contribution in [1.82, 2.24) is 15.1 Å². The Labute approximate surface area is 122 Å². The zero-order valence-corrected chi connectivity index (χ0v) is 13.5. The second-order valence-electron chi connectivity index (χ2n) is 4.64. The molecule has 1 rings (SSSR count). The minimum atomic E-state index is -0.208. The average molecular weight is 331 g/mol. The van der Waals surface area contributed by atoms with Crippen LogP contribution >= 0.6 is 15.9 Å². The Bertz CT molecular complexity index is 431. The first-order valence-corrected chi connectivity index (χ1v) is 7.59. The fourth-order valence-corrected chi connectivity index (χ4v) is 2.29. The van der Waals surface area contributed by atoms with Crippen LogP contribution in [0.5, 0.6) is 0 Å². The molecule has 0 aliphatic heterocycles. The van der Waals surface area contributed by atoms with Gasteiger partial charge in [-0.15, -0.1) is 0 Å². The molecule has 0 aromatic carbocycles. The smallest absolute Gasteiger partial charge is 0.280 e. The Balaban J connectivity index is 2.41. The van der Waals surface area contributed by atoms with Crippen molar-refractivity contribution in [3.8, 4) is 0 Å². The third-order valence-electron chi connectivity index (χ3n) is 3.20. The maximum absolute atomic E-state index is 11.4. The maximum atomic E-state index is 11.4. The summed E-state index contributed by atoms with van der Waals surface area (Å²) in [6, 6.07) is 0.315. The lowest BCUT2D eigenvalue weighted by Gasteiger charge is -2.20. The molecule has 0 spiro atoms. The Morgan fingerprint density at radius 1 is 1.47 bits per heavy atom. The number of hydrogen-bond donors (Lipinski definition) is 2. The normalized spacial score (nSPS) is 12.7. The summed E-state index contributed by atoms with van der Waals surface area (Å²) in [6.45, 7) is 9.81. The molecule has 1 aromatic heterocycles. The van der Waals surface area contributed by atoms with E-state index in [-0.39, 0.29) is 5.56 Å². The zero-order chi connectivity index (χ0) is 14.3. The second-order valence-corrected chi connectivity index (χ2v) is 5.43. The molecular formula is C13H23BrN4O. The fourth-order valence-electron chi connectivity index (χ4n) is 1.98. The van der Waals surface area contributed by atoms with E-state index in [9.17, 15) is 4.79 Å². The number of H-pyrrole nitrogens is 1. The van der Waals surface area contributed by atoms with Gasteiger partial charge >= 0.3 is 0 Å². The SMILES string of the molecule is CCN(CC)CCCC(C)Nc1cn[nH]c(=O)c1Br. The van der Waals surface area contributed by atoms with Gasteiger partial charge in [0.15, 0.2) is 0 Å². The summed E-state index contributed by atoms with van der Waals surface area (Å²) in [4.78, 5) is 13.8. The Morgan fingerprint density at radius 2 is 2.16 bits per heavy atom. The minimum Gasteiger partial charge on any atom is -0.380 e. The molecule has 19 heavy (non-hydrogen) atoms. The van der Waals surface area contributed by atoms with E-state index in [1.165, 1.54) is 0 Å². The quantitative estimate of drug-likeness (QED) is 0.768. The van der Waals surface area contributed by atoms with Gasteiger partial charge < -0.3 is 10.2 Å². The summed E-state index contributed by atoms with van der Waals surface area (Å²) < 4.78 is 0.512. The molecule has 0 fully saturated rings. The van der Waals surface area contributed by atoms with Crippen molar-refractivity contribution >= 4 is 21.6 Å². The molecule has 1 atom stereocenters. The minimum absolute atomic E-state index is 0.208. The summed E-state index contributed by atoms with van der Waals surface area (Å²) in [5, 5.41) is 9.50. The molecule has 0 bridgehead atoms. The molecule has 5 nitrogen and oxygen atoms in total. The standard InChI is InChI=1S/C13H23BrN4O/c1-4-18(5-2)8-6-7-10(3)16-11-9-15-17-13(19)12(11)14/h9-10H,4-8H2,1-3H3,(H2,16,17,19). The molecule has 6 heteroatoms. The van der Waals surface area contributed by atoms with Crippen LogP contribution < -0.4 is 10.9 Å². The van der Waals surface area contributed by atoms with E-state index >= 15 is 0 Å². The van der Waals surface area contributed by atoms with Gasteiger partial charge in [-0.2, -0.15) is 5.10 Å². The van der Waals surface area contributed by atoms with E-state index in [2.05, 4.69) is 57.1 Å². The van der Waals surface area contributed by atoms with E-state index in [1.54, 1.807) is 6.20 Å². The van der Waals surface area contributed by atoms with Crippen LogP contribution in [-0.2, 0) is 0 Å². The lowest BCUT2D eigenvalue weighted by Crippen LogP contribution is -2.26. The Kier molecular flexibility index (Phi) is 7.09. The number of nitrogens with one attached hydrogen (secondary N) is 2. The number of hydrogen-bond acceptors (Lipinski definition) is 4. The highest BCUT2D eigenvalue weighted by molar-refractivity contribution is 9.10. The van der Waals surface area contributed by atoms with Gasteiger partial charge in [-0.1, -0.05) is 13.8 Å². The summed E-state index contributed by atoms with van der Waals surface area (Å²) in [5.41, 5.74) is 0.541. The first-order chi connectivity index (χ1) is 9.08. The Morgan fingerprint density at radius 3 is 2.79 bits per heavy atom. The third kappa shape index (κ3) is 5.32.